The molecule has 1 saturated heterocycles. The van der Waals surface area contributed by atoms with E-state index >= 15 is 0 Å². The average Bonchev–Trinajstić information content (AvgIpc) is 3.23. The minimum absolute atomic E-state index is 0.110. The third-order valence-corrected chi connectivity index (χ3v) is 8.91. The first kappa shape index (κ1) is 26.3. The summed E-state index contributed by atoms with van der Waals surface area (Å²) >= 11 is 0. The van der Waals surface area contributed by atoms with Gasteiger partial charge in [-0.2, -0.15) is 0 Å². The predicted octanol–water partition coefficient (Wildman–Crippen LogP) is 1.12. The van der Waals surface area contributed by atoms with Crippen LogP contribution in [0.5, 0.6) is 0 Å². The molecule has 1 N–H and O–H groups in total. The van der Waals surface area contributed by atoms with E-state index in [-0.39, 0.29) is 29.0 Å². The average molecular weight is 542 g/mol. The Kier molecular flexibility index (Phi) is 7.23. The van der Waals surface area contributed by atoms with Gasteiger partial charge in [0, 0.05) is 45.8 Å². The molecule has 11 nitrogen and oxygen atoms in total. The van der Waals surface area contributed by atoms with Gasteiger partial charge in [-0.3, -0.25) is 9.59 Å². The zero-order valence-electron chi connectivity index (χ0n) is 21.7. The highest BCUT2D eigenvalue weighted by Crippen LogP contribution is 2.40. The van der Waals surface area contributed by atoms with Crippen molar-refractivity contribution in [3.63, 3.8) is 0 Å². The van der Waals surface area contributed by atoms with Gasteiger partial charge < -0.3 is 24.7 Å². The summed E-state index contributed by atoms with van der Waals surface area (Å²) in [4.78, 5) is 34.7. The Morgan fingerprint density at radius 3 is 2.50 bits per heavy atom. The quantitative estimate of drug-likeness (QED) is 0.544. The van der Waals surface area contributed by atoms with E-state index in [9.17, 15) is 18.0 Å². The number of nitrogens with one attached hydrogen (secondary N) is 1. The number of anilines is 1. The molecular weight excluding hydrogens is 510 g/mol. The number of sulfonamides is 1. The van der Waals surface area contributed by atoms with Crippen LogP contribution in [0.15, 0.2) is 40.4 Å². The van der Waals surface area contributed by atoms with Gasteiger partial charge in [0.15, 0.2) is 12.3 Å². The van der Waals surface area contributed by atoms with Crippen molar-refractivity contribution in [1.82, 2.24) is 14.1 Å². The van der Waals surface area contributed by atoms with E-state index in [1.807, 2.05) is 13.1 Å². The molecule has 2 aromatic carbocycles. The normalized spacial score (nSPS) is 18.9. The molecule has 3 heterocycles. The highest BCUT2D eigenvalue weighted by atomic mass is 32.2. The lowest BCUT2D eigenvalue weighted by molar-refractivity contribution is -0.140. The molecule has 0 aliphatic carbocycles. The number of morpholine rings is 1. The van der Waals surface area contributed by atoms with Gasteiger partial charge in [-0.25, -0.2) is 12.7 Å². The molecule has 12 heteroatoms. The van der Waals surface area contributed by atoms with Gasteiger partial charge >= 0.3 is 0 Å². The summed E-state index contributed by atoms with van der Waals surface area (Å²) < 4.78 is 31.5. The second-order valence-corrected chi connectivity index (χ2v) is 11.9. The lowest BCUT2D eigenvalue weighted by atomic mass is 9.87. The van der Waals surface area contributed by atoms with Crippen LogP contribution >= 0.6 is 0 Å². The monoisotopic (exact) mass is 541 g/mol. The second kappa shape index (κ2) is 10.4. The van der Waals surface area contributed by atoms with Crippen LogP contribution in [0, 0.1) is 0 Å². The highest BCUT2D eigenvalue weighted by Gasteiger charge is 2.34. The van der Waals surface area contributed by atoms with Gasteiger partial charge in [0.1, 0.15) is 0 Å². The van der Waals surface area contributed by atoms with Gasteiger partial charge in [-0.1, -0.05) is 17.3 Å². The van der Waals surface area contributed by atoms with Crippen molar-refractivity contribution in [3.8, 4) is 11.1 Å². The number of oxime groups is 1. The van der Waals surface area contributed by atoms with Crippen LogP contribution in [-0.2, 0) is 42.2 Å². The van der Waals surface area contributed by atoms with E-state index in [4.69, 9.17) is 9.57 Å². The van der Waals surface area contributed by atoms with Gasteiger partial charge in [0.25, 0.3) is 11.8 Å². The highest BCUT2D eigenvalue weighted by molar-refractivity contribution is 7.89. The van der Waals surface area contributed by atoms with E-state index in [0.717, 1.165) is 35.2 Å². The Morgan fingerprint density at radius 1 is 1.11 bits per heavy atom. The third kappa shape index (κ3) is 4.92. The Balaban J connectivity index is 1.49. The molecule has 2 amide bonds. The molecule has 0 unspecified atom stereocenters. The second-order valence-electron chi connectivity index (χ2n) is 9.76. The maximum atomic E-state index is 12.9. The van der Waals surface area contributed by atoms with Crippen molar-refractivity contribution in [1.29, 1.82) is 0 Å². The molecule has 1 fully saturated rings. The molecule has 3 aliphatic rings. The fourth-order valence-corrected chi connectivity index (χ4v) is 5.84. The maximum Gasteiger partial charge on any atom is 0.278 e. The van der Waals surface area contributed by atoms with E-state index < -0.39 is 10.0 Å². The van der Waals surface area contributed by atoms with Gasteiger partial charge in [-0.05, 0) is 53.9 Å². The molecule has 5 rings (SSSR count). The molecule has 38 heavy (non-hydrogen) atoms. The number of rotatable bonds is 6. The van der Waals surface area contributed by atoms with Crippen molar-refractivity contribution in [2.45, 2.75) is 17.9 Å². The number of fused-ring (bicyclic) bond motifs is 3. The summed E-state index contributed by atoms with van der Waals surface area (Å²) in [5.41, 5.74) is 5.27. The lowest BCUT2D eigenvalue weighted by Crippen LogP contribution is -2.42. The molecule has 3 aliphatic heterocycles. The largest absolute Gasteiger partial charge is 0.385 e. The van der Waals surface area contributed by atoms with Crippen molar-refractivity contribution in [2.24, 2.45) is 5.16 Å². The molecular formula is C26H31N5O6S. The molecule has 0 spiro atoms. The van der Waals surface area contributed by atoms with Gasteiger partial charge in [0.05, 0.1) is 23.8 Å². The van der Waals surface area contributed by atoms with Crippen LogP contribution in [-0.4, -0.2) is 101 Å². The minimum Gasteiger partial charge on any atom is -0.385 e. The number of nitrogens with zero attached hydrogens (tertiary/aromatic N) is 4. The fraction of sp³-hybridized carbons (Fsp3) is 0.423. The first-order valence-electron chi connectivity index (χ1n) is 12.4. The Hall–Kier alpha value is -3.32. The first-order chi connectivity index (χ1) is 18.2. The van der Waals surface area contributed by atoms with Gasteiger partial charge in [0.2, 0.25) is 10.0 Å². The summed E-state index contributed by atoms with van der Waals surface area (Å²) in [6.45, 7) is 3.20. The van der Waals surface area contributed by atoms with Crippen LogP contribution in [0.25, 0.3) is 11.1 Å². The van der Waals surface area contributed by atoms with E-state index in [1.54, 1.807) is 29.2 Å². The van der Waals surface area contributed by atoms with E-state index in [2.05, 4.69) is 15.4 Å². The number of carbonyl (C=O) groups excluding carboxylic acids is 2. The molecule has 0 radical (unpaired) electrons. The fourth-order valence-electron chi connectivity index (χ4n) is 4.94. The molecule has 0 saturated carbocycles. The summed E-state index contributed by atoms with van der Waals surface area (Å²) in [6.07, 6.45) is 0.777. The molecule has 0 aromatic heterocycles. The number of hydrogen-bond acceptors (Lipinski definition) is 8. The molecule has 0 atom stereocenters. The Morgan fingerprint density at radius 2 is 1.82 bits per heavy atom. The van der Waals surface area contributed by atoms with E-state index in [0.29, 0.717) is 44.1 Å². The summed E-state index contributed by atoms with van der Waals surface area (Å²) in [5.74, 6) is -0.601. The number of benzene rings is 2. The maximum absolute atomic E-state index is 12.9. The number of likely N-dealkylation sites (N-methyl/N-ethyl adjacent to an activating group) is 1. The number of hydrogen-bond donors (Lipinski definition) is 1. The number of carbonyl (C=O) groups is 2. The van der Waals surface area contributed by atoms with Crippen molar-refractivity contribution in [2.75, 3.05) is 65.9 Å². The van der Waals surface area contributed by atoms with Crippen LogP contribution < -0.4 is 5.32 Å². The van der Waals surface area contributed by atoms with Crippen LogP contribution in [0.3, 0.4) is 0 Å². The summed E-state index contributed by atoms with van der Waals surface area (Å²) in [5, 5.41) is 7.02. The van der Waals surface area contributed by atoms with Crippen molar-refractivity contribution < 1.29 is 27.6 Å². The van der Waals surface area contributed by atoms with Crippen molar-refractivity contribution >= 4 is 33.2 Å². The Bertz CT molecular complexity index is 1400. The predicted molar refractivity (Wildman–Crippen MR) is 141 cm³/mol. The van der Waals surface area contributed by atoms with Crippen LogP contribution in [0.4, 0.5) is 5.69 Å². The molecule has 2 aromatic rings. The van der Waals surface area contributed by atoms with Gasteiger partial charge in [-0.15, -0.1) is 0 Å². The standard InChI is InChI=1S/C26H31N5O6S/c1-29(2)38(34,35)18-6-4-17(5-7-18)20-14-21-24(22-15-30(3)9-8-19(20)22)27-26(33)25(21)28-37-16-23(32)31-10-12-36-13-11-31/h4-7,14H,8-13,15-16H2,1-3H3,(H,27,28,33). The summed E-state index contributed by atoms with van der Waals surface area (Å²) in [7, 11) is 1.47. The zero-order valence-corrected chi connectivity index (χ0v) is 22.5. The molecule has 0 bridgehead atoms. The zero-order chi connectivity index (χ0) is 27.0. The third-order valence-electron chi connectivity index (χ3n) is 7.08. The minimum atomic E-state index is -3.55. The first-order valence-corrected chi connectivity index (χ1v) is 13.9. The van der Waals surface area contributed by atoms with Crippen LogP contribution in [0.1, 0.15) is 16.7 Å². The molecule has 202 valence electrons. The number of amides is 2. The van der Waals surface area contributed by atoms with Crippen molar-refractivity contribution in [3.05, 3.63) is 47.0 Å². The topological polar surface area (TPSA) is 121 Å². The SMILES string of the molecule is CN1CCc2c(-c3ccc(S(=O)(=O)N(C)C)cc3)cc3c(c2C1)NC(=O)/C3=N\OCC(=O)N1CCOCC1. The number of ether oxygens (including phenoxy) is 1. The van der Waals surface area contributed by atoms with Crippen LogP contribution in [0.2, 0.25) is 0 Å². The summed E-state index contributed by atoms with van der Waals surface area (Å²) in [6, 6.07) is 8.67. The smallest absolute Gasteiger partial charge is 0.278 e. The Labute approximate surface area is 222 Å². The lowest BCUT2D eigenvalue weighted by Gasteiger charge is -2.29. The van der Waals surface area contributed by atoms with E-state index in [1.165, 1.54) is 18.4 Å².